The molecule has 0 bridgehead atoms. The van der Waals surface area contributed by atoms with Gasteiger partial charge in [-0.2, -0.15) is 13.2 Å². The lowest BCUT2D eigenvalue weighted by Crippen LogP contribution is -2.13. The van der Waals surface area contributed by atoms with E-state index in [-0.39, 0.29) is 17.7 Å². The summed E-state index contributed by atoms with van der Waals surface area (Å²) in [6.45, 7) is 3.30. The van der Waals surface area contributed by atoms with Crippen molar-refractivity contribution < 1.29 is 13.2 Å². The van der Waals surface area contributed by atoms with Gasteiger partial charge in [0, 0.05) is 12.1 Å². The van der Waals surface area contributed by atoms with Crippen LogP contribution in [0.4, 0.5) is 19.0 Å². The number of aryl methyl sites for hydroxylation is 1. The smallest absolute Gasteiger partial charge is 0.363 e. The Morgan fingerprint density at radius 1 is 1.10 bits per heavy atom. The summed E-state index contributed by atoms with van der Waals surface area (Å²) in [6, 6.07) is 10.2. The van der Waals surface area contributed by atoms with E-state index < -0.39 is 11.9 Å². The molecule has 0 fully saturated rings. The van der Waals surface area contributed by atoms with E-state index in [2.05, 4.69) is 15.3 Å². The Morgan fingerprint density at radius 2 is 1.75 bits per heavy atom. The Labute approximate surface area is 114 Å². The largest absolute Gasteiger partial charge is 0.433 e. The molecule has 106 valence electrons. The van der Waals surface area contributed by atoms with E-state index in [0.29, 0.717) is 0 Å². The van der Waals surface area contributed by atoms with Crippen molar-refractivity contribution in [2.24, 2.45) is 0 Å². The lowest BCUT2D eigenvalue weighted by molar-refractivity contribution is -0.141. The van der Waals surface area contributed by atoms with Crippen molar-refractivity contribution in [3.8, 4) is 0 Å². The van der Waals surface area contributed by atoms with Crippen molar-refractivity contribution in [1.82, 2.24) is 9.97 Å². The van der Waals surface area contributed by atoms with Gasteiger partial charge in [-0.3, -0.25) is 0 Å². The van der Waals surface area contributed by atoms with E-state index >= 15 is 0 Å². The molecule has 0 spiro atoms. The quantitative estimate of drug-likeness (QED) is 0.924. The van der Waals surface area contributed by atoms with Gasteiger partial charge < -0.3 is 5.32 Å². The molecule has 1 aromatic heterocycles. The number of hydrogen-bond donors (Lipinski definition) is 1. The summed E-state index contributed by atoms with van der Waals surface area (Å²) in [7, 11) is 0. The summed E-state index contributed by atoms with van der Waals surface area (Å²) < 4.78 is 38.1. The molecule has 0 amide bonds. The Kier molecular flexibility index (Phi) is 3.92. The van der Waals surface area contributed by atoms with Crippen LogP contribution in [0, 0.1) is 6.92 Å². The van der Waals surface area contributed by atoms with Crippen LogP contribution in [0.2, 0.25) is 0 Å². The molecule has 1 N–H and O–H groups in total. The third-order valence-corrected chi connectivity index (χ3v) is 2.79. The van der Waals surface area contributed by atoms with Crippen molar-refractivity contribution in [2.75, 3.05) is 5.32 Å². The summed E-state index contributed by atoms with van der Waals surface area (Å²) in [5, 5.41) is 2.96. The summed E-state index contributed by atoms with van der Waals surface area (Å²) in [6.07, 6.45) is -4.47. The second-order valence-corrected chi connectivity index (χ2v) is 4.46. The second kappa shape index (κ2) is 5.48. The van der Waals surface area contributed by atoms with Gasteiger partial charge in [0.05, 0.1) is 0 Å². The molecular formula is C14H14F3N3. The number of anilines is 1. The Bertz CT molecular complexity index is 582. The van der Waals surface area contributed by atoms with Crippen LogP contribution >= 0.6 is 0 Å². The number of aromatic nitrogens is 2. The molecule has 2 aromatic rings. The van der Waals surface area contributed by atoms with Crippen molar-refractivity contribution in [3.05, 3.63) is 53.5 Å². The third-order valence-electron chi connectivity index (χ3n) is 2.79. The third kappa shape index (κ3) is 3.46. The molecule has 2 rings (SSSR count). The molecule has 0 saturated carbocycles. The Hall–Kier alpha value is -2.11. The average Bonchev–Trinajstić information content (AvgIpc) is 2.38. The number of halogens is 3. The van der Waals surface area contributed by atoms with Crippen LogP contribution in [0.1, 0.15) is 30.0 Å². The van der Waals surface area contributed by atoms with Crippen LogP contribution < -0.4 is 5.32 Å². The van der Waals surface area contributed by atoms with E-state index in [0.717, 1.165) is 11.6 Å². The minimum absolute atomic E-state index is 0.0857. The van der Waals surface area contributed by atoms with Crippen LogP contribution in [0.3, 0.4) is 0 Å². The molecule has 0 radical (unpaired) electrons. The number of alkyl halides is 3. The predicted molar refractivity (Wildman–Crippen MR) is 70.3 cm³/mol. The molecule has 1 aromatic carbocycles. The van der Waals surface area contributed by atoms with Gasteiger partial charge in [-0.1, -0.05) is 30.3 Å². The van der Waals surface area contributed by atoms with Crippen molar-refractivity contribution in [2.45, 2.75) is 26.1 Å². The highest BCUT2D eigenvalue weighted by Gasteiger charge is 2.33. The van der Waals surface area contributed by atoms with Crippen LogP contribution in [0.15, 0.2) is 36.4 Å². The van der Waals surface area contributed by atoms with Crippen molar-refractivity contribution in [1.29, 1.82) is 0 Å². The fraction of sp³-hybridized carbons (Fsp3) is 0.286. The maximum atomic E-state index is 12.7. The van der Waals surface area contributed by atoms with Crippen LogP contribution in [-0.4, -0.2) is 9.97 Å². The molecule has 20 heavy (non-hydrogen) atoms. The SMILES string of the molecule is Cc1nc(NC(C)c2ccccc2)cc(C(F)(F)F)n1. The first-order valence-electron chi connectivity index (χ1n) is 6.10. The van der Waals surface area contributed by atoms with E-state index in [1.165, 1.54) is 6.92 Å². The summed E-state index contributed by atoms with van der Waals surface area (Å²) in [4.78, 5) is 7.40. The lowest BCUT2D eigenvalue weighted by atomic mass is 10.1. The molecular weight excluding hydrogens is 267 g/mol. The monoisotopic (exact) mass is 281 g/mol. The van der Waals surface area contributed by atoms with Crippen molar-refractivity contribution in [3.63, 3.8) is 0 Å². The zero-order valence-electron chi connectivity index (χ0n) is 11.1. The molecule has 0 aliphatic rings. The van der Waals surface area contributed by atoms with Gasteiger partial charge in [-0.05, 0) is 19.4 Å². The number of rotatable bonds is 3. The molecule has 0 aliphatic carbocycles. The zero-order valence-corrected chi connectivity index (χ0v) is 11.1. The standard InChI is InChI=1S/C14H14F3N3/c1-9(11-6-4-3-5-7-11)18-13-8-12(14(15,16)17)19-10(2)20-13/h3-9H,1-2H3,(H,18,19,20). The minimum atomic E-state index is -4.47. The molecule has 1 unspecified atom stereocenters. The molecule has 1 atom stereocenters. The molecule has 0 saturated heterocycles. The highest BCUT2D eigenvalue weighted by molar-refractivity contribution is 5.40. The number of hydrogen-bond acceptors (Lipinski definition) is 3. The predicted octanol–water partition coefficient (Wildman–Crippen LogP) is 3.98. The van der Waals surface area contributed by atoms with E-state index in [1.807, 2.05) is 37.3 Å². The van der Waals surface area contributed by atoms with E-state index in [1.54, 1.807) is 0 Å². The molecule has 3 nitrogen and oxygen atoms in total. The van der Waals surface area contributed by atoms with Gasteiger partial charge >= 0.3 is 6.18 Å². The fourth-order valence-corrected chi connectivity index (χ4v) is 1.83. The number of nitrogens with one attached hydrogen (secondary N) is 1. The number of benzene rings is 1. The summed E-state index contributed by atoms with van der Waals surface area (Å²) in [5.74, 6) is 0.253. The van der Waals surface area contributed by atoms with E-state index in [9.17, 15) is 13.2 Å². The summed E-state index contributed by atoms with van der Waals surface area (Å²) >= 11 is 0. The summed E-state index contributed by atoms with van der Waals surface area (Å²) in [5.41, 5.74) is 0.0325. The van der Waals surface area contributed by atoms with Gasteiger partial charge in [-0.15, -0.1) is 0 Å². The van der Waals surface area contributed by atoms with E-state index in [4.69, 9.17) is 0 Å². The van der Waals surface area contributed by atoms with Crippen LogP contribution in [0.5, 0.6) is 0 Å². The van der Waals surface area contributed by atoms with Gasteiger partial charge in [0.15, 0.2) is 0 Å². The Morgan fingerprint density at radius 3 is 2.35 bits per heavy atom. The Balaban J connectivity index is 2.24. The number of nitrogens with zero attached hydrogens (tertiary/aromatic N) is 2. The normalized spacial score (nSPS) is 13.1. The van der Waals surface area contributed by atoms with Crippen LogP contribution in [-0.2, 0) is 6.18 Å². The maximum absolute atomic E-state index is 12.7. The fourth-order valence-electron chi connectivity index (χ4n) is 1.83. The first kappa shape index (κ1) is 14.3. The second-order valence-electron chi connectivity index (χ2n) is 4.46. The highest BCUT2D eigenvalue weighted by atomic mass is 19.4. The van der Waals surface area contributed by atoms with Crippen molar-refractivity contribution >= 4 is 5.82 Å². The zero-order chi connectivity index (χ0) is 14.8. The van der Waals surface area contributed by atoms with Crippen LogP contribution in [0.25, 0.3) is 0 Å². The van der Waals surface area contributed by atoms with Gasteiger partial charge in [-0.25, -0.2) is 9.97 Å². The van der Waals surface area contributed by atoms with Gasteiger partial charge in [0.1, 0.15) is 17.3 Å². The average molecular weight is 281 g/mol. The molecule has 1 heterocycles. The maximum Gasteiger partial charge on any atom is 0.433 e. The van der Waals surface area contributed by atoms with Gasteiger partial charge in [0.2, 0.25) is 0 Å². The topological polar surface area (TPSA) is 37.8 Å². The first-order chi connectivity index (χ1) is 9.36. The first-order valence-corrected chi connectivity index (χ1v) is 6.10. The lowest BCUT2D eigenvalue weighted by Gasteiger charge is -2.16. The molecule has 0 aliphatic heterocycles. The molecule has 6 heteroatoms. The van der Waals surface area contributed by atoms with Gasteiger partial charge in [0.25, 0.3) is 0 Å². The minimum Gasteiger partial charge on any atom is -0.363 e. The highest BCUT2D eigenvalue weighted by Crippen LogP contribution is 2.29.